The number of benzene rings is 2. The lowest BCUT2D eigenvalue weighted by Crippen LogP contribution is -2.01. The van der Waals surface area contributed by atoms with Crippen molar-refractivity contribution in [1.82, 2.24) is 4.57 Å². The normalized spacial score (nSPS) is 10.8. The molecule has 0 amide bonds. The first kappa shape index (κ1) is 13.4. The summed E-state index contributed by atoms with van der Waals surface area (Å²) in [6.07, 6.45) is 2.93. The van der Waals surface area contributed by atoms with E-state index >= 15 is 0 Å². The lowest BCUT2D eigenvalue weighted by Gasteiger charge is -2.11. The molecular formula is C18H17NO2. The molecule has 3 aromatic rings. The highest BCUT2D eigenvalue weighted by Gasteiger charge is 2.07. The van der Waals surface area contributed by atoms with Crippen LogP contribution in [0.15, 0.2) is 48.7 Å². The highest BCUT2D eigenvalue weighted by atomic mass is 16.5. The van der Waals surface area contributed by atoms with E-state index in [0.717, 1.165) is 17.6 Å². The van der Waals surface area contributed by atoms with Crippen LogP contribution in [0.2, 0.25) is 0 Å². The fourth-order valence-electron chi connectivity index (χ4n) is 2.64. The summed E-state index contributed by atoms with van der Waals surface area (Å²) in [6.45, 7) is 2.77. The van der Waals surface area contributed by atoms with Crippen molar-refractivity contribution in [3.05, 3.63) is 65.4 Å². The molecule has 0 aliphatic carbocycles. The molecule has 0 saturated carbocycles. The van der Waals surface area contributed by atoms with Crippen LogP contribution in [0.3, 0.4) is 0 Å². The SMILES string of the molecule is COc1ccc(C=O)cc1Cn1ccc2cc(C)ccc21. The molecule has 0 bridgehead atoms. The Hall–Kier alpha value is -2.55. The van der Waals surface area contributed by atoms with Crippen molar-refractivity contribution >= 4 is 17.2 Å². The van der Waals surface area contributed by atoms with Gasteiger partial charge in [-0.3, -0.25) is 4.79 Å². The Balaban J connectivity index is 2.03. The van der Waals surface area contributed by atoms with Gasteiger partial charge in [-0.05, 0) is 48.7 Å². The highest BCUT2D eigenvalue weighted by molar-refractivity contribution is 5.81. The Morgan fingerprint density at radius 1 is 1.14 bits per heavy atom. The van der Waals surface area contributed by atoms with Crippen LogP contribution >= 0.6 is 0 Å². The molecule has 0 spiro atoms. The summed E-state index contributed by atoms with van der Waals surface area (Å²) >= 11 is 0. The highest BCUT2D eigenvalue weighted by Crippen LogP contribution is 2.24. The molecule has 0 unspecified atom stereocenters. The molecule has 0 atom stereocenters. The molecule has 3 heteroatoms. The van der Waals surface area contributed by atoms with Gasteiger partial charge in [-0.2, -0.15) is 0 Å². The quantitative estimate of drug-likeness (QED) is 0.680. The Morgan fingerprint density at radius 3 is 2.76 bits per heavy atom. The van der Waals surface area contributed by atoms with Gasteiger partial charge in [0.1, 0.15) is 12.0 Å². The fourth-order valence-corrected chi connectivity index (χ4v) is 2.64. The Labute approximate surface area is 123 Å². The third-order valence-corrected chi connectivity index (χ3v) is 3.71. The number of hydrogen-bond acceptors (Lipinski definition) is 2. The number of fused-ring (bicyclic) bond motifs is 1. The van der Waals surface area contributed by atoms with Gasteiger partial charge in [0.05, 0.1) is 13.7 Å². The predicted molar refractivity (Wildman–Crippen MR) is 84.2 cm³/mol. The topological polar surface area (TPSA) is 31.2 Å². The van der Waals surface area contributed by atoms with E-state index in [2.05, 4.69) is 42.0 Å². The van der Waals surface area contributed by atoms with Crippen LogP contribution in [0.25, 0.3) is 10.9 Å². The van der Waals surface area contributed by atoms with Crippen LogP contribution < -0.4 is 4.74 Å². The average Bonchev–Trinajstić information content (AvgIpc) is 2.89. The van der Waals surface area contributed by atoms with Crippen molar-refractivity contribution in [1.29, 1.82) is 0 Å². The minimum atomic E-state index is 0.665. The van der Waals surface area contributed by atoms with E-state index in [4.69, 9.17) is 4.74 Å². The third kappa shape index (κ3) is 2.55. The molecule has 1 heterocycles. The van der Waals surface area contributed by atoms with E-state index in [0.29, 0.717) is 12.1 Å². The second-order valence-corrected chi connectivity index (χ2v) is 5.20. The number of carbonyl (C=O) groups is 1. The van der Waals surface area contributed by atoms with Crippen LogP contribution in [-0.4, -0.2) is 18.0 Å². The maximum absolute atomic E-state index is 11.0. The zero-order valence-electron chi connectivity index (χ0n) is 12.2. The maximum atomic E-state index is 11.0. The molecule has 2 aromatic carbocycles. The largest absolute Gasteiger partial charge is 0.496 e. The number of nitrogens with zero attached hydrogens (tertiary/aromatic N) is 1. The first-order valence-electron chi connectivity index (χ1n) is 6.89. The standard InChI is InChI=1S/C18H17NO2/c1-13-3-5-17-15(9-13)7-8-19(17)11-16-10-14(12-20)4-6-18(16)21-2/h3-10,12H,11H2,1-2H3. The molecule has 3 rings (SSSR count). The molecule has 21 heavy (non-hydrogen) atoms. The van der Waals surface area contributed by atoms with Gasteiger partial charge < -0.3 is 9.30 Å². The fraction of sp³-hybridized carbons (Fsp3) is 0.167. The van der Waals surface area contributed by atoms with E-state index in [1.165, 1.54) is 16.5 Å². The molecule has 106 valence electrons. The van der Waals surface area contributed by atoms with Crippen LogP contribution in [0.5, 0.6) is 5.75 Å². The molecular weight excluding hydrogens is 262 g/mol. The number of aryl methyl sites for hydroxylation is 1. The summed E-state index contributed by atoms with van der Waals surface area (Å²) in [5.74, 6) is 0.801. The number of carbonyl (C=O) groups excluding carboxylic acids is 1. The lowest BCUT2D eigenvalue weighted by molar-refractivity contribution is 0.112. The first-order chi connectivity index (χ1) is 10.2. The van der Waals surface area contributed by atoms with E-state index < -0.39 is 0 Å². The summed E-state index contributed by atoms with van der Waals surface area (Å²) in [5.41, 5.74) is 4.10. The number of rotatable bonds is 4. The minimum absolute atomic E-state index is 0.665. The molecule has 1 aromatic heterocycles. The number of aromatic nitrogens is 1. The molecule has 0 radical (unpaired) electrons. The van der Waals surface area contributed by atoms with Gasteiger partial charge in [0, 0.05) is 22.8 Å². The molecule has 0 aliphatic heterocycles. The number of ether oxygens (including phenoxy) is 1. The van der Waals surface area contributed by atoms with Crippen molar-refractivity contribution in [2.45, 2.75) is 13.5 Å². The lowest BCUT2D eigenvalue weighted by atomic mass is 10.1. The van der Waals surface area contributed by atoms with Crippen LogP contribution in [0.1, 0.15) is 21.5 Å². The van der Waals surface area contributed by atoms with Crippen LogP contribution in [0.4, 0.5) is 0 Å². The Morgan fingerprint density at radius 2 is 2.00 bits per heavy atom. The summed E-state index contributed by atoms with van der Waals surface area (Å²) < 4.78 is 7.56. The second kappa shape index (κ2) is 5.44. The van der Waals surface area contributed by atoms with Crippen molar-refractivity contribution < 1.29 is 9.53 Å². The first-order valence-corrected chi connectivity index (χ1v) is 6.89. The monoisotopic (exact) mass is 279 g/mol. The summed E-state index contributed by atoms with van der Waals surface area (Å²) in [5, 5.41) is 1.22. The van der Waals surface area contributed by atoms with Crippen molar-refractivity contribution in [3.63, 3.8) is 0 Å². The van der Waals surface area contributed by atoms with Gasteiger partial charge in [-0.1, -0.05) is 11.6 Å². The number of hydrogen-bond donors (Lipinski definition) is 0. The summed E-state index contributed by atoms with van der Waals surface area (Å²) in [7, 11) is 1.65. The van der Waals surface area contributed by atoms with Crippen molar-refractivity contribution in [2.24, 2.45) is 0 Å². The molecule has 0 N–H and O–H groups in total. The zero-order valence-corrected chi connectivity index (χ0v) is 12.2. The maximum Gasteiger partial charge on any atom is 0.150 e. The van der Waals surface area contributed by atoms with Gasteiger partial charge in [0.2, 0.25) is 0 Å². The van der Waals surface area contributed by atoms with Gasteiger partial charge in [-0.25, -0.2) is 0 Å². The average molecular weight is 279 g/mol. The second-order valence-electron chi connectivity index (χ2n) is 5.20. The summed E-state index contributed by atoms with van der Waals surface area (Å²) in [6, 6.07) is 14.0. The van der Waals surface area contributed by atoms with Gasteiger partial charge in [-0.15, -0.1) is 0 Å². The Bertz CT molecular complexity index is 802. The number of methoxy groups -OCH3 is 1. The van der Waals surface area contributed by atoms with E-state index in [9.17, 15) is 4.79 Å². The van der Waals surface area contributed by atoms with E-state index in [1.807, 2.05) is 12.1 Å². The van der Waals surface area contributed by atoms with E-state index in [1.54, 1.807) is 13.2 Å². The minimum Gasteiger partial charge on any atom is -0.496 e. The smallest absolute Gasteiger partial charge is 0.150 e. The molecule has 0 fully saturated rings. The predicted octanol–water partition coefficient (Wildman–Crippen LogP) is 3.82. The molecule has 3 nitrogen and oxygen atoms in total. The van der Waals surface area contributed by atoms with Gasteiger partial charge in [0.25, 0.3) is 0 Å². The van der Waals surface area contributed by atoms with Gasteiger partial charge in [0.15, 0.2) is 0 Å². The summed E-state index contributed by atoms with van der Waals surface area (Å²) in [4.78, 5) is 11.0. The van der Waals surface area contributed by atoms with Gasteiger partial charge >= 0.3 is 0 Å². The van der Waals surface area contributed by atoms with Crippen LogP contribution in [-0.2, 0) is 6.54 Å². The molecule has 0 aliphatic rings. The number of aldehydes is 1. The zero-order chi connectivity index (χ0) is 14.8. The Kier molecular flexibility index (Phi) is 3.48. The van der Waals surface area contributed by atoms with Crippen molar-refractivity contribution in [2.75, 3.05) is 7.11 Å². The van der Waals surface area contributed by atoms with Crippen molar-refractivity contribution in [3.8, 4) is 5.75 Å². The molecule has 0 saturated heterocycles. The van der Waals surface area contributed by atoms with E-state index in [-0.39, 0.29) is 0 Å². The third-order valence-electron chi connectivity index (χ3n) is 3.71. The van der Waals surface area contributed by atoms with Crippen LogP contribution in [0, 0.1) is 6.92 Å².